The summed E-state index contributed by atoms with van der Waals surface area (Å²) in [7, 11) is 3.23. The average Bonchev–Trinajstić information content (AvgIpc) is 2.80. The van der Waals surface area contributed by atoms with Gasteiger partial charge in [-0.2, -0.15) is 5.10 Å². The third-order valence-corrected chi connectivity index (χ3v) is 5.13. The fraction of sp³-hybridized carbons (Fsp3) is 0.458. The number of nitrogens with one attached hydrogen (secondary N) is 1. The molecular formula is C24H33N3O4. The lowest BCUT2D eigenvalue weighted by atomic mass is 10.0. The third-order valence-electron chi connectivity index (χ3n) is 5.13. The molecular weight excluding hydrogens is 394 g/mol. The van der Waals surface area contributed by atoms with Crippen LogP contribution >= 0.6 is 0 Å². The number of nitro benzene ring substituents is 1. The molecule has 0 fully saturated rings. The summed E-state index contributed by atoms with van der Waals surface area (Å²) >= 11 is 0. The molecule has 7 heteroatoms. The second-order valence-electron chi connectivity index (χ2n) is 7.42. The number of anilines is 1. The predicted octanol–water partition coefficient (Wildman–Crippen LogP) is 6.57. The van der Waals surface area contributed by atoms with Gasteiger partial charge in [0.15, 0.2) is 11.5 Å². The normalized spacial score (nSPS) is 11.3. The van der Waals surface area contributed by atoms with Gasteiger partial charge < -0.3 is 9.47 Å². The summed E-state index contributed by atoms with van der Waals surface area (Å²) in [6, 6.07) is 12.0. The number of ether oxygens (including phenoxy) is 2. The fourth-order valence-corrected chi connectivity index (χ4v) is 3.32. The molecule has 0 amide bonds. The van der Waals surface area contributed by atoms with Gasteiger partial charge in [0, 0.05) is 17.7 Å². The largest absolute Gasteiger partial charge is 0.493 e. The molecule has 0 spiro atoms. The average molecular weight is 428 g/mol. The van der Waals surface area contributed by atoms with Crippen molar-refractivity contribution in [2.24, 2.45) is 5.10 Å². The van der Waals surface area contributed by atoms with Gasteiger partial charge in [-0.3, -0.25) is 15.5 Å². The van der Waals surface area contributed by atoms with Crippen molar-refractivity contribution in [3.8, 4) is 11.5 Å². The minimum atomic E-state index is -0.414. The van der Waals surface area contributed by atoms with Gasteiger partial charge in [0.1, 0.15) is 0 Å². The minimum Gasteiger partial charge on any atom is -0.493 e. The number of hydrogen-bond acceptors (Lipinski definition) is 6. The van der Waals surface area contributed by atoms with E-state index in [9.17, 15) is 10.1 Å². The summed E-state index contributed by atoms with van der Waals surface area (Å²) < 4.78 is 10.8. The number of hydrogen-bond donors (Lipinski definition) is 1. The maximum Gasteiger partial charge on any atom is 0.269 e. The van der Waals surface area contributed by atoms with Gasteiger partial charge in [-0.25, -0.2) is 0 Å². The second-order valence-corrected chi connectivity index (χ2v) is 7.42. The number of benzene rings is 2. The Balaban J connectivity index is 2.11. The molecule has 0 aliphatic rings. The van der Waals surface area contributed by atoms with E-state index in [0.29, 0.717) is 17.2 Å². The molecule has 31 heavy (non-hydrogen) atoms. The zero-order valence-electron chi connectivity index (χ0n) is 18.7. The lowest BCUT2D eigenvalue weighted by Gasteiger charge is -2.12. The van der Waals surface area contributed by atoms with Crippen molar-refractivity contribution in [2.75, 3.05) is 19.6 Å². The molecule has 0 aromatic heterocycles. The van der Waals surface area contributed by atoms with Crippen molar-refractivity contribution in [2.45, 2.75) is 58.3 Å². The van der Waals surface area contributed by atoms with Gasteiger partial charge in [-0.15, -0.1) is 0 Å². The number of nitrogens with zero attached hydrogens (tertiary/aromatic N) is 2. The Labute approximate surface area is 184 Å². The van der Waals surface area contributed by atoms with Crippen molar-refractivity contribution in [3.63, 3.8) is 0 Å². The molecule has 0 bridgehead atoms. The van der Waals surface area contributed by atoms with Crippen LogP contribution in [0, 0.1) is 10.1 Å². The highest BCUT2D eigenvalue weighted by Gasteiger charge is 2.10. The van der Waals surface area contributed by atoms with E-state index in [4.69, 9.17) is 9.47 Å². The highest BCUT2D eigenvalue weighted by Crippen LogP contribution is 2.28. The van der Waals surface area contributed by atoms with E-state index in [2.05, 4.69) is 17.5 Å². The zero-order valence-corrected chi connectivity index (χ0v) is 18.7. The maximum absolute atomic E-state index is 10.8. The van der Waals surface area contributed by atoms with E-state index in [1.54, 1.807) is 26.4 Å². The van der Waals surface area contributed by atoms with Crippen LogP contribution in [0.3, 0.4) is 0 Å². The topological polar surface area (TPSA) is 86.0 Å². The van der Waals surface area contributed by atoms with Crippen LogP contribution in [-0.4, -0.2) is 24.9 Å². The number of methoxy groups -OCH3 is 2. The lowest BCUT2D eigenvalue weighted by molar-refractivity contribution is -0.384. The molecule has 7 nitrogen and oxygen atoms in total. The molecule has 0 aliphatic heterocycles. The van der Waals surface area contributed by atoms with Crippen LogP contribution in [0.5, 0.6) is 11.5 Å². The number of rotatable bonds is 14. The number of nitro groups is 1. The van der Waals surface area contributed by atoms with Gasteiger partial charge >= 0.3 is 0 Å². The van der Waals surface area contributed by atoms with E-state index in [-0.39, 0.29) is 5.69 Å². The van der Waals surface area contributed by atoms with E-state index in [0.717, 1.165) is 30.5 Å². The molecule has 0 radical (unpaired) electrons. The van der Waals surface area contributed by atoms with Crippen molar-refractivity contribution in [1.29, 1.82) is 0 Å². The van der Waals surface area contributed by atoms with Crippen LogP contribution in [0.4, 0.5) is 11.4 Å². The second kappa shape index (κ2) is 13.3. The van der Waals surface area contributed by atoms with Crippen molar-refractivity contribution in [3.05, 3.63) is 58.1 Å². The maximum atomic E-state index is 10.8. The number of hydrazone groups is 1. The Kier molecular flexibility index (Phi) is 10.3. The van der Waals surface area contributed by atoms with Crippen LogP contribution in [0.25, 0.3) is 0 Å². The first-order valence-electron chi connectivity index (χ1n) is 10.9. The fourth-order valence-electron chi connectivity index (χ4n) is 3.32. The predicted molar refractivity (Wildman–Crippen MR) is 125 cm³/mol. The van der Waals surface area contributed by atoms with Crippen LogP contribution in [0.2, 0.25) is 0 Å². The Bertz CT molecular complexity index is 850. The van der Waals surface area contributed by atoms with Crippen LogP contribution in [0.15, 0.2) is 47.6 Å². The molecule has 1 N–H and O–H groups in total. The van der Waals surface area contributed by atoms with E-state index >= 15 is 0 Å². The summed E-state index contributed by atoms with van der Waals surface area (Å²) in [5.41, 5.74) is 5.65. The van der Waals surface area contributed by atoms with Crippen LogP contribution < -0.4 is 14.9 Å². The molecule has 0 aliphatic carbocycles. The van der Waals surface area contributed by atoms with Crippen molar-refractivity contribution in [1.82, 2.24) is 0 Å². The first-order chi connectivity index (χ1) is 15.1. The van der Waals surface area contributed by atoms with E-state index in [1.807, 2.05) is 18.2 Å². The van der Waals surface area contributed by atoms with Crippen LogP contribution in [-0.2, 0) is 0 Å². The third kappa shape index (κ3) is 7.92. The summed E-state index contributed by atoms with van der Waals surface area (Å²) in [6.45, 7) is 2.23. The lowest BCUT2D eigenvalue weighted by Crippen LogP contribution is -2.06. The molecule has 0 saturated carbocycles. The summed E-state index contributed by atoms with van der Waals surface area (Å²) in [6.07, 6.45) is 9.39. The van der Waals surface area contributed by atoms with Crippen molar-refractivity contribution < 1.29 is 14.4 Å². The van der Waals surface area contributed by atoms with Gasteiger partial charge in [-0.05, 0) is 43.2 Å². The molecule has 0 heterocycles. The Morgan fingerprint density at radius 1 is 0.935 bits per heavy atom. The Morgan fingerprint density at radius 3 is 2.19 bits per heavy atom. The minimum absolute atomic E-state index is 0.0534. The summed E-state index contributed by atoms with van der Waals surface area (Å²) in [4.78, 5) is 10.4. The zero-order chi connectivity index (χ0) is 22.5. The summed E-state index contributed by atoms with van der Waals surface area (Å²) in [5, 5.41) is 15.5. The van der Waals surface area contributed by atoms with Gasteiger partial charge in [-0.1, -0.05) is 45.4 Å². The SMILES string of the molecule is CCCCCCCCC/C(=N\Nc1ccc([N+](=O)[O-])cc1)c1ccc(OC)c(OC)c1. The van der Waals surface area contributed by atoms with Crippen molar-refractivity contribution >= 4 is 17.1 Å². The highest BCUT2D eigenvalue weighted by molar-refractivity contribution is 6.01. The van der Waals surface area contributed by atoms with E-state index < -0.39 is 4.92 Å². The van der Waals surface area contributed by atoms with E-state index in [1.165, 1.54) is 44.2 Å². The van der Waals surface area contributed by atoms with Gasteiger partial charge in [0.25, 0.3) is 5.69 Å². The molecule has 2 rings (SSSR count). The monoisotopic (exact) mass is 427 g/mol. The first-order valence-corrected chi connectivity index (χ1v) is 10.9. The van der Waals surface area contributed by atoms with Gasteiger partial charge in [0.05, 0.1) is 30.5 Å². The number of non-ortho nitro benzene ring substituents is 1. The Morgan fingerprint density at radius 2 is 1.58 bits per heavy atom. The smallest absolute Gasteiger partial charge is 0.269 e. The van der Waals surface area contributed by atoms with Crippen LogP contribution in [0.1, 0.15) is 63.9 Å². The molecule has 0 atom stereocenters. The molecule has 0 unspecified atom stereocenters. The molecule has 2 aromatic rings. The molecule has 2 aromatic carbocycles. The number of unbranched alkanes of at least 4 members (excludes halogenated alkanes) is 6. The molecule has 0 saturated heterocycles. The standard InChI is InChI=1S/C24H33N3O4/c1-4-5-6-7-8-9-10-11-22(19-12-17-23(30-2)24(18-19)31-3)26-25-20-13-15-21(16-14-20)27(28)29/h12-18,25H,4-11H2,1-3H3/b26-22+. The Hall–Kier alpha value is -3.09. The quantitative estimate of drug-likeness (QED) is 0.159. The molecule has 168 valence electrons. The first kappa shape index (κ1) is 24.2. The highest BCUT2D eigenvalue weighted by atomic mass is 16.6. The van der Waals surface area contributed by atoms with Gasteiger partial charge in [0.2, 0.25) is 0 Å². The summed E-state index contributed by atoms with van der Waals surface area (Å²) in [5.74, 6) is 1.33.